The maximum Gasteiger partial charge on any atom is 0.419 e. The Morgan fingerprint density at radius 1 is 1.15 bits per heavy atom. The van der Waals surface area contributed by atoms with Crippen molar-refractivity contribution in [1.29, 1.82) is 0 Å². The predicted molar refractivity (Wildman–Crippen MR) is 79.3 cm³/mol. The van der Waals surface area contributed by atoms with E-state index in [1.54, 1.807) is 40.6 Å². The Kier molecular flexibility index (Phi) is 3.52. The molecule has 0 fully saturated rings. The van der Waals surface area contributed by atoms with Crippen molar-refractivity contribution in [2.45, 2.75) is 11.4 Å². The normalized spacial score (nSPS) is 11.0. The molecule has 0 amide bonds. The molecule has 0 aliphatic rings. The number of aromatic hydroxyl groups is 1. The average molecular weight is 287 g/mol. The number of para-hydroxylation sites is 2. The minimum Gasteiger partial charge on any atom is -0.508 e. The van der Waals surface area contributed by atoms with Crippen molar-refractivity contribution in [1.82, 2.24) is 4.57 Å². The lowest BCUT2D eigenvalue weighted by atomic mass is 10.3. The van der Waals surface area contributed by atoms with E-state index in [0.29, 0.717) is 12.1 Å². The van der Waals surface area contributed by atoms with Gasteiger partial charge in [-0.05, 0) is 30.3 Å². The molecule has 1 aromatic heterocycles. The number of aryl methyl sites for hydroxylation is 1. The summed E-state index contributed by atoms with van der Waals surface area (Å²) >= 11 is 1.59. The smallest absolute Gasteiger partial charge is 0.419 e. The molecule has 0 aliphatic heterocycles. The summed E-state index contributed by atoms with van der Waals surface area (Å²) in [6.07, 6.45) is 0. The van der Waals surface area contributed by atoms with Gasteiger partial charge in [-0.15, -0.1) is 11.8 Å². The summed E-state index contributed by atoms with van der Waals surface area (Å²) in [5, 5.41) is 9.40. The first-order valence-electron chi connectivity index (χ1n) is 6.24. The van der Waals surface area contributed by atoms with Gasteiger partial charge in [0.05, 0.1) is 5.52 Å². The van der Waals surface area contributed by atoms with Gasteiger partial charge in [0, 0.05) is 17.2 Å². The van der Waals surface area contributed by atoms with Crippen LogP contribution < -0.4 is 5.76 Å². The van der Waals surface area contributed by atoms with Crippen molar-refractivity contribution in [3.63, 3.8) is 0 Å². The Hall–Kier alpha value is -2.14. The van der Waals surface area contributed by atoms with E-state index < -0.39 is 0 Å². The first-order valence-corrected chi connectivity index (χ1v) is 7.23. The van der Waals surface area contributed by atoms with Crippen molar-refractivity contribution >= 4 is 22.9 Å². The summed E-state index contributed by atoms with van der Waals surface area (Å²) < 4.78 is 6.81. The lowest BCUT2D eigenvalue weighted by Gasteiger charge is -2.03. The highest BCUT2D eigenvalue weighted by molar-refractivity contribution is 7.99. The lowest BCUT2D eigenvalue weighted by molar-refractivity contribution is 0.474. The fourth-order valence-corrected chi connectivity index (χ4v) is 2.94. The van der Waals surface area contributed by atoms with Crippen molar-refractivity contribution in [2.24, 2.45) is 0 Å². The molecule has 0 unspecified atom stereocenters. The number of fused-ring (bicyclic) bond motifs is 1. The van der Waals surface area contributed by atoms with E-state index in [-0.39, 0.29) is 11.5 Å². The predicted octanol–water partition coefficient (Wildman–Crippen LogP) is 3.09. The molecular formula is C15H13NO3S. The number of rotatable bonds is 4. The van der Waals surface area contributed by atoms with Crippen LogP contribution in [-0.4, -0.2) is 15.4 Å². The van der Waals surface area contributed by atoms with Crippen LogP contribution in [0.1, 0.15) is 0 Å². The summed E-state index contributed by atoms with van der Waals surface area (Å²) in [4.78, 5) is 12.8. The Morgan fingerprint density at radius 3 is 2.85 bits per heavy atom. The second-order valence-electron chi connectivity index (χ2n) is 4.33. The van der Waals surface area contributed by atoms with Gasteiger partial charge < -0.3 is 9.52 Å². The van der Waals surface area contributed by atoms with Crippen LogP contribution in [0, 0.1) is 0 Å². The number of phenolic OH excluding ortho intramolecular Hbond substituents is 1. The van der Waals surface area contributed by atoms with Gasteiger partial charge in [-0.2, -0.15) is 0 Å². The average Bonchev–Trinajstić information content (AvgIpc) is 2.75. The van der Waals surface area contributed by atoms with Gasteiger partial charge in [-0.1, -0.05) is 18.2 Å². The molecule has 0 saturated heterocycles. The quantitative estimate of drug-likeness (QED) is 0.749. The van der Waals surface area contributed by atoms with Crippen LogP contribution in [0.2, 0.25) is 0 Å². The third kappa shape index (κ3) is 2.58. The second kappa shape index (κ2) is 5.46. The van der Waals surface area contributed by atoms with Gasteiger partial charge in [-0.25, -0.2) is 4.79 Å². The number of hydrogen-bond donors (Lipinski definition) is 1. The number of benzene rings is 2. The highest BCUT2D eigenvalue weighted by atomic mass is 32.2. The minimum atomic E-state index is -0.331. The van der Waals surface area contributed by atoms with Crippen LogP contribution in [0.4, 0.5) is 0 Å². The molecule has 3 aromatic rings. The van der Waals surface area contributed by atoms with E-state index in [1.807, 2.05) is 24.3 Å². The third-order valence-corrected chi connectivity index (χ3v) is 3.95. The van der Waals surface area contributed by atoms with Crippen LogP contribution in [-0.2, 0) is 6.54 Å². The Morgan fingerprint density at radius 2 is 2.00 bits per heavy atom. The Bertz CT molecular complexity index is 791. The molecule has 0 bridgehead atoms. The molecule has 0 aliphatic carbocycles. The van der Waals surface area contributed by atoms with Crippen molar-refractivity contribution in [3.05, 3.63) is 59.1 Å². The summed E-state index contributed by atoms with van der Waals surface area (Å²) in [5.41, 5.74) is 1.42. The topological polar surface area (TPSA) is 55.4 Å². The zero-order valence-corrected chi connectivity index (χ0v) is 11.5. The summed E-state index contributed by atoms with van der Waals surface area (Å²) in [7, 11) is 0. The molecule has 4 nitrogen and oxygen atoms in total. The fraction of sp³-hybridized carbons (Fsp3) is 0.133. The highest BCUT2D eigenvalue weighted by Gasteiger charge is 2.07. The third-order valence-electron chi connectivity index (χ3n) is 2.97. The van der Waals surface area contributed by atoms with Gasteiger partial charge in [0.25, 0.3) is 0 Å². The SMILES string of the molecule is O=c1oc2ccccc2n1CCSc1cccc(O)c1. The number of thioether (sulfide) groups is 1. The number of aromatic nitrogens is 1. The molecule has 0 saturated carbocycles. The van der Waals surface area contributed by atoms with E-state index >= 15 is 0 Å². The molecule has 0 radical (unpaired) electrons. The van der Waals surface area contributed by atoms with Gasteiger partial charge >= 0.3 is 5.76 Å². The van der Waals surface area contributed by atoms with Crippen LogP contribution in [0.25, 0.3) is 11.1 Å². The minimum absolute atomic E-state index is 0.251. The number of hydrogen-bond acceptors (Lipinski definition) is 4. The first kappa shape index (κ1) is 12.9. The molecule has 5 heteroatoms. The molecular weight excluding hydrogens is 274 g/mol. The largest absolute Gasteiger partial charge is 0.508 e. The molecule has 1 heterocycles. The second-order valence-corrected chi connectivity index (χ2v) is 5.50. The van der Waals surface area contributed by atoms with Gasteiger partial charge in [0.15, 0.2) is 5.58 Å². The van der Waals surface area contributed by atoms with Gasteiger partial charge in [-0.3, -0.25) is 4.57 Å². The summed E-state index contributed by atoms with van der Waals surface area (Å²) in [6.45, 7) is 0.566. The highest BCUT2D eigenvalue weighted by Crippen LogP contribution is 2.22. The van der Waals surface area contributed by atoms with Crippen molar-refractivity contribution < 1.29 is 9.52 Å². The van der Waals surface area contributed by atoms with E-state index in [9.17, 15) is 9.90 Å². The van der Waals surface area contributed by atoms with Crippen LogP contribution >= 0.6 is 11.8 Å². The van der Waals surface area contributed by atoms with Crippen LogP contribution in [0.5, 0.6) is 5.75 Å². The molecule has 0 spiro atoms. The summed E-state index contributed by atoms with van der Waals surface area (Å²) in [5.74, 6) is 0.649. The maximum absolute atomic E-state index is 11.8. The fourth-order valence-electron chi connectivity index (χ4n) is 2.05. The van der Waals surface area contributed by atoms with E-state index in [1.165, 1.54) is 0 Å². The van der Waals surface area contributed by atoms with Crippen LogP contribution in [0.3, 0.4) is 0 Å². The molecule has 102 valence electrons. The molecule has 20 heavy (non-hydrogen) atoms. The number of oxazole rings is 1. The van der Waals surface area contributed by atoms with Crippen LogP contribution in [0.15, 0.2) is 62.6 Å². The van der Waals surface area contributed by atoms with E-state index in [4.69, 9.17) is 4.42 Å². The molecule has 0 atom stereocenters. The number of phenols is 1. The zero-order valence-electron chi connectivity index (χ0n) is 10.7. The molecule has 2 aromatic carbocycles. The van der Waals surface area contributed by atoms with Crippen molar-refractivity contribution in [2.75, 3.05) is 5.75 Å². The molecule has 1 N–H and O–H groups in total. The monoisotopic (exact) mass is 287 g/mol. The maximum atomic E-state index is 11.8. The Labute approximate surface area is 119 Å². The van der Waals surface area contributed by atoms with Gasteiger partial charge in [0.1, 0.15) is 5.75 Å². The first-order chi connectivity index (χ1) is 9.74. The number of nitrogens with zero attached hydrogens (tertiary/aromatic N) is 1. The summed E-state index contributed by atoms with van der Waals surface area (Å²) in [6, 6.07) is 14.5. The van der Waals surface area contributed by atoms with Crippen molar-refractivity contribution in [3.8, 4) is 5.75 Å². The lowest BCUT2D eigenvalue weighted by Crippen LogP contribution is -2.15. The van der Waals surface area contributed by atoms with E-state index in [0.717, 1.165) is 16.2 Å². The van der Waals surface area contributed by atoms with E-state index in [2.05, 4.69) is 0 Å². The Balaban J connectivity index is 1.74. The zero-order chi connectivity index (χ0) is 13.9. The molecule has 3 rings (SSSR count). The van der Waals surface area contributed by atoms with Gasteiger partial charge in [0.2, 0.25) is 0 Å². The standard InChI is InChI=1S/C15H13NO3S/c17-11-4-3-5-12(10-11)20-9-8-16-13-6-1-2-7-14(13)19-15(16)18/h1-7,10,17H,8-9H2.